The number of sulfonamides is 1. The van der Waals surface area contributed by atoms with Crippen LogP contribution in [0.5, 0.6) is 0 Å². The molecule has 2 aromatic carbocycles. The zero-order chi connectivity index (χ0) is 17.8. The molecule has 3 aliphatic heterocycles. The van der Waals surface area contributed by atoms with Crippen molar-refractivity contribution in [3.63, 3.8) is 0 Å². The maximum Gasteiger partial charge on any atom is 0.256 e. The summed E-state index contributed by atoms with van der Waals surface area (Å²) in [5, 5.41) is 0. The summed E-state index contributed by atoms with van der Waals surface area (Å²) in [6.45, 7) is 0.593. The van der Waals surface area contributed by atoms with Crippen molar-refractivity contribution in [2.45, 2.75) is 37.1 Å². The molecule has 6 rings (SSSR count). The molecule has 1 saturated carbocycles. The Hall–Kier alpha value is -2.14. The molecule has 0 amide bonds. The molecule has 0 aromatic heterocycles. The maximum absolute atomic E-state index is 12.2. The lowest BCUT2D eigenvalue weighted by atomic mass is 9.63. The predicted molar refractivity (Wildman–Crippen MR) is 104 cm³/mol. The van der Waals surface area contributed by atoms with E-state index in [-0.39, 0.29) is 11.2 Å². The van der Waals surface area contributed by atoms with Crippen LogP contribution in [0.3, 0.4) is 0 Å². The second kappa shape index (κ2) is 5.68. The van der Waals surface area contributed by atoms with Gasteiger partial charge in [0.05, 0.1) is 11.2 Å². The second-order valence-corrected chi connectivity index (χ2v) is 9.41. The van der Waals surface area contributed by atoms with Crippen molar-refractivity contribution in [2.24, 2.45) is 4.40 Å². The van der Waals surface area contributed by atoms with E-state index in [0.717, 1.165) is 31.5 Å². The Morgan fingerprint density at radius 2 is 1.58 bits per heavy atom. The minimum absolute atomic E-state index is 0.149. The van der Waals surface area contributed by atoms with Crippen molar-refractivity contribution < 1.29 is 8.42 Å². The standard InChI is InChI=1S/C21H22N2O2S/c24-26(25)15-14-23-19-10-12-21(13-11-19,20(23)22-26)18-8-6-17(7-9-18)16-4-2-1-3-5-16/h1-9,19H,10-15H2. The molecular weight excluding hydrogens is 344 g/mol. The molecule has 0 N–H and O–H groups in total. The normalized spacial score (nSPS) is 29.2. The van der Waals surface area contributed by atoms with Crippen LogP contribution in [-0.2, 0) is 15.4 Å². The smallest absolute Gasteiger partial charge is 0.256 e. The van der Waals surface area contributed by atoms with E-state index < -0.39 is 10.0 Å². The fourth-order valence-corrected chi connectivity index (χ4v) is 5.99. The zero-order valence-corrected chi connectivity index (χ0v) is 15.5. The molecule has 3 fully saturated rings. The number of piperidine rings is 2. The highest BCUT2D eigenvalue weighted by atomic mass is 32.2. The van der Waals surface area contributed by atoms with Gasteiger partial charge in [0.1, 0.15) is 5.84 Å². The van der Waals surface area contributed by atoms with Gasteiger partial charge in [0.15, 0.2) is 0 Å². The van der Waals surface area contributed by atoms with E-state index in [0.29, 0.717) is 12.6 Å². The lowest BCUT2D eigenvalue weighted by molar-refractivity contribution is 0.151. The Bertz CT molecular complexity index is 957. The summed E-state index contributed by atoms with van der Waals surface area (Å²) in [5.74, 6) is 0.953. The fourth-order valence-electron chi connectivity index (χ4n) is 4.93. The van der Waals surface area contributed by atoms with Gasteiger partial charge in [0, 0.05) is 12.6 Å². The first-order valence-electron chi connectivity index (χ1n) is 9.33. The first-order chi connectivity index (χ1) is 12.6. The van der Waals surface area contributed by atoms with Gasteiger partial charge in [-0.25, -0.2) is 8.42 Å². The first kappa shape index (κ1) is 16.1. The van der Waals surface area contributed by atoms with E-state index in [2.05, 4.69) is 45.7 Å². The van der Waals surface area contributed by atoms with Gasteiger partial charge in [-0.1, -0.05) is 54.6 Å². The van der Waals surface area contributed by atoms with Crippen molar-refractivity contribution in [1.82, 2.24) is 4.90 Å². The van der Waals surface area contributed by atoms with E-state index in [1.165, 1.54) is 16.7 Å². The Labute approximate surface area is 154 Å². The third-order valence-corrected chi connectivity index (χ3v) is 7.46. The van der Waals surface area contributed by atoms with Crippen molar-refractivity contribution in [3.05, 3.63) is 60.2 Å². The Balaban J connectivity index is 1.58. The molecular formula is C21H22N2O2S. The summed E-state index contributed by atoms with van der Waals surface area (Å²) in [7, 11) is -3.33. The molecule has 2 bridgehead atoms. The number of hydrogen-bond donors (Lipinski definition) is 0. The van der Waals surface area contributed by atoms with E-state index in [1.807, 2.05) is 18.2 Å². The maximum atomic E-state index is 12.2. The van der Waals surface area contributed by atoms with Gasteiger partial charge < -0.3 is 4.90 Å². The first-order valence-corrected chi connectivity index (χ1v) is 10.9. The van der Waals surface area contributed by atoms with Gasteiger partial charge in [-0.2, -0.15) is 0 Å². The molecule has 4 aliphatic rings. The largest absolute Gasteiger partial charge is 0.355 e. The summed E-state index contributed by atoms with van der Waals surface area (Å²) in [6.07, 6.45) is 4.24. The summed E-state index contributed by atoms with van der Waals surface area (Å²) < 4.78 is 28.6. The minimum atomic E-state index is -3.33. The topological polar surface area (TPSA) is 49.7 Å². The molecule has 0 atom stereocenters. The highest BCUT2D eigenvalue weighted by molar-refractivity contribution is 7.90. The Kier molecular flexibility index (Phi) is 3.51. The van der Waals surface area contributed by atoms with Crippen LogP contribution >= 0.6 is 0 Å². The third-order valence-electron chi connectivity index (χ3n) is 6.31. The van der Waals surface area contributed by atoms with Crippen LogP contribution < -0.4 is 0 Å². The molecule has 0 spiro atoms. The van der Waals surface area contributed by atoms with Gasteiger partial charge in [-0.3, -0.25) is 0 Å². The molecule has 4 nitrogen and oxygen atoms in total. The third kappa shape index (κ3) is 2.41. The van der Waals surface area contributed by atoms with Crippen molar-refractivity contribution >= 4 is 15.9 Å². The van der Waals surface area contributed by atoms with Crippen molar-refractivity contribution in [1.29, 1.82) is 0 Å². The van der Waals surface area contributed by atoms with Crippen LogP contribution in [0.1, 0.15) is 31.2 Å². The van der Waals surface area contributed by atoms with Crippen LogP contribution in [-0.4, -0.2) is 37.5 Å². The molecule has 5 heteroatoms. The summed E-state index contributed by atoms with van der Waals surface area (Å²) in [5.41, 5.74) is 3.35. The summed E-state index contributed by atoms with van der Waals surface area (Å²) >= 11 is 0. The molecule has 0 radical (unpaired) electrons. The zero-order valence-electron chi connectivity index (χ0n) is 14.6. The number of fused-ring (bicyclic) bond motifs is 2. The highest BCUT2D eigenvalue weighted by Crippen LogP contribution is 2.49. The second-order valence-electron chi connectivity index (χ2n) is 7.65. The summed E-state index contributed by atoms with van der Waals surface area (Å²) in [6, 6.07) is 19.5. The number of rotatable bonds is 2. The van der Waals surface area contributed by atoms with Crippen molar-refractivity contribution in [2.75, 3.05) is 12.3 Å². The quantitative estimate of drug-likeness (QED) is 0.816. The highest BCUT2D eigenvalue weighted by Gasteiger charge is 2.52. The Morgan fingerprint density at radius 3 is 2.27 bits per heavy atom. The molecule has 3 heterocycles. The molecule has 2 aromatic rings. The van der Waals surface area contributed by atoms with Gasteiger partial charge in [-0.15, -0.1) is 4.40 Å². The molecule has 26 heavy (non-hydrogen) atoms. The number of benzene rings is 2. The molecule has 1 aliphatic carbocycles. The van der Waals surface area contributed by atoms with Crippen LogP contribution in [0.4, 0.5) is 0 Å². The van der Waals surface area contributed by atoms with Gasteiger partial charge in [0.2, 0.25) is 0 Å². The number of amidine groups is 1. The molecule has 134 valence electrons. The van der Waals surface area contributed by atoms with E-state index in [1.54, 1.807) is 0 Å². The van der Waals surface area contributed by atoms with Crippen LogP contribution in [0.25, 0.3) is 11.1 Å². The monoisotopic (exact) mass is 366 g/mol. The lowest BCUT2D eigenvalue weighted by Crippen LogP contribution is -2.62. The van der Waals surface area contributed by atoms with Crippen LogP contribution in [0.15, 0.2) is 59.0 Å². The SMILES string of the molecule is O=S1(=O)CCN2C(=N1)C1(c3ccc(-c4ccccc4)cc3)CCC2CC1. The average Bonchev–Trinajstić information content (AvgIpc) is 2.69. The van der Waals surface area contributed by atoms with E-state index in [4.69, 9.17) is 0 Å². The van der Waals surface area contributed by atoms with E-state index >= 15 is 0 Å². The Morgan fingerprint density at radius 1 is 0.923 bits per heavy atom. The molecule has 2 saturated heterocycles. The number of hydrogen-bond acceptors (Lipinski definition) is 3. The predicted octanol–water partition coefficient (Wildman–Crippen LogP) is 3.59. The number of nitrogens with zero attached hydrogens (tertiary/aromatic N) is 2. The lowest BCUT2D eigenvalue weighted by Gasteiger charge is -2.55. The van der Waals surface area contributed by atoms with E-state index in [9.17, 15) is 8.42 Å². The average molecular weight is 366 g/mol. The van der Waals surface area contributed by atoms with Crippen LogP contribution in [0, 0.1) is 0 Å². The van der Waals surface area contributed by atoms with Crippen LogP contribution in [0.2, 0.25) is 0 Å². The molecule has 0 unspecified atom stereocenters. The minimum Gasteiger partial charge on any atom is -0.355 e. The fraction of sp³-hybridized carbons (Fsp3) is 0.381. The van der Waals surface area contributed by atoms with Gasteiger partial charge in [0.25, 0.3) is 10.0 Å². The van der Waals surface area contributed by atoms with Crippen molar-refractivity contribution in [3.8, 4) is 11.1 Å². The van der Waals surface area contributed by atoms with Gasteiger partial charge >= 0.3 is 0 Å². The summed E-state index contributed by atoms with van der Waals surface area (Å²) in [4.78, 5) is 2.28. The van der Waals surface area contributed by atoms with Gasteiger partial charge in [-0.05, 0) is 42.4 Å².